The van der Waals surface area contributed by atoms with Gasteiger partial charge in [0, 0.05) is 16.8 Å². The molecule has 0 N–H and O–H groups in total. The van der Waals surface area contributed by atoms with Crippen molar-refractivity contribution in [3.05, 3.63) is 12.7 Å². The van der Waals surface area contributed by atoms with E-state index in [0.717, 1.165) is 3.71 Å². The zero-order chi connectivity index (χ0) is 7.28. The normalized spacial score (nSPS) is 7.40. The largest absolute Gasteiger partial charge is 0.444 e. The van der Waals surface area contributed by atoms with Gasteiger partial charge in [0.25, 0.3) is 0 Å². The molecule has 0 heterocycles. The van der Waals surface area contributed by atoms with E-state index in [2.05, 4.69) is 36.9 Å². The van der Waals surface area contributed by atoms with Gasteiger partial charge in [-0.25, -0.2) is 4.79 Å². The fourth-order valence-electron chi connectivity index (χ4n) is 0.188. The second kappa shape index (κ2) is 7.32. The zero-order valence-electron chi connectivity index (χ0n) is 4.98. The molecule has 0 bridgehead atoms. The van der Waals surface area contributed by atoms with Crippen molar-refractivity contribution in [1.29, 1.82) is 0 Å². The molecule has 0 aliphatic carbocycles. The summed E-state index contributed by atoms with van der Waals surface area (Å²) in [5.74, 6) is 0. The van der Waals surface area contributed by atoms with Crippen molar-refractivity contribution in [3.63, 3.8) is 0 Å². The Kier molecular flexibility index (Phi) is 9.42. The standard InChI is InChI=1S/C4H7NO2S2.Co/c1-2-3-7-4(6)5(8)9;/h2,8-9H,1,3H2;. The third-order valence-electron chi connectivity index (χ3n) is 0.488. The van der Waals surface area contributed by atoms with Crippen molar-refractivity contribution < 1.29 is 26.3 Å². The number of hydrogen-bond acceptors (Lipinski definition) is 4. The molecule has 0 atom stereocenters. The summed E-state index contributed by atoms with van der Waals surface area (Å²) in [6.07, 6.45) is 0.852. The molecular formula is C4H7CoNO2S2. The number of ether oxygens (including phenoxy) is 1. The molecule has 0 unspecified atom stereocenters. The van der Waals surface area contributed by atoms with Crippen LogP contribution in [0.3, 0.4) is 0 Å². The monoisotopic (exact) mass is 224 g/mol. The van der Waals surface area contributed by atoms with Gasteiger partial charge in [-0.1, -0.05) is 12.7 Å². The summed E-state index contributed by atoms with van der Waals surface area (Å²) >= 11 is 7.11. The first-order valence-electron chi connectivity index (χ1n) is 2.14. The van der Waals surface area contributed by atoms with Gasteiger partial charge in [-0.15, -0.1) is 0 Å². The predicted octanol–water partition coefficient (Wildman–Crippen LogP) is 1.30. The van der Waals surface area contributed by atoms with E-state index >= 15 is 0 Å². The Balaban J connectivity index is 0. The van der Waals surface area contributed by atoms with Crippen molar-refractivity contribution in [1.82, 2.24) is 3.71 Å². The number of thiol groups is 2. The van der Waals surface area contributed by atoms with Gasteiger partial charge in [0.2, 0.25) is 0 Å². The van der Waals surface area contributed by atoms with Gasteiger partial charge in [0.05, 0.1) is 0 Å². The molecule has 1 radical (unpaired) electrons. The van der Waals surface area contributed by atoms with Crippen LogP contribution in [0.25, 0.3) is 0 Å². The average Bonchev–Trinajstić information content (AvgIpc) is 1.82. The van der Waals surface area contributed by atoms with Gasteiger partial charge in [0.15, 0.2) is 0 Å². The van der Waals surface area contributed by atoms with Crippen LogP contribution in [0.1, 0.15) is 0 Å². The zero-order valence-corrected chi connectivity index (χ0v) is 7.81. The molecule has 0 rings (SSSR count). The molecule has 0 aliphatic heterocycles. The second-order valence-electron chi connectivity index (χ2n) is 1.16. The van der Waals surface area contributed by atoms with E-state index in [1.165, 1.54) is 6.08 Å². The van der Waals surface area contributed by atoms with Crippen LogP contribution in [0.5, 0.6) is 0 Å². The maximum Gasteiger partial charge on any atom is 0.430 e. The van der Waals surface area contributed by atoms with Crippen LogP contribution in [-0.4, -0.2) is 16.4 Å². The Morgan fingerprint density at radius 3 is 2.50 bits per heavy atom. The molecule has 0 aromatic carbocycles. The number of nitrogens with zero attached hydrogens (tertiary/aromatic N) is 1. The molecule has 0 spiro atoms. The van der Waals surface area contributed by atoms with Crippen LogP contribution in [0.4, 0.5) is 4.79 Å². The minimum absolute atomic E-state index is 0. The summed E-state index contributed by atoms with van der Waals surface area (Å²) in [4.78, 5) is 10.4. The Morgan fingerprint density at radius 2 is 2.20 bits per heavy atom. The molecule has 1 amide bonds. The number of hydrogen-bond donors (Lipinski definition) is 2. The molecule has 10 heavy (non-hydrogen) atoms. The van der Waals surface area contributed by atoms with E-state index in [9.17, 15) is 4.79 Å². The summed E-state index contributed by atoms with van der Waals surface area (Å²) in [5.41, 5.74) is 0. The van der Waals surface area contributed by atoms with Crippen molar-refractivity contribution in [3.8, 4) is 0 Å². The number of amides is 1. The Hall–Kier alpha value is 0.216. The molecule has 0 aromatic heterocycles. The van der Waals surface area contributed by atoms with Crippen molar-refractivity contribution >= 4 is 31.7 Å². The van der Waals surface area contributed by atoms with Gasteiger partial charge in [-0.2, -0.15) is 3.71 Å². The van der Waals surface area contributed by atoms with E-state index in [4.69, 9.17) is 0 Å². The van der Waals surface area contributed by atoms with Crippen molar-refractivity contribution in [2.45, 2.75) is 0 Å². The maximum atomic E-state index is 10.4. The Morgan fingerprint density at radius 1 is 1.70 bits per heavy atom. The molecule has 0 fully saturated rings. The van der Waals surface area contributed by atoms with E-state index in [0.29, 0.717) is 0 Å². The summed E-state index contributed by atoms with van der Waals surface area (Å²) in [6.45, 7) is 3.52. The SMILES string of the molecule is C=CCOC(=O)N(S)S.[Co]. The molecule has 0 aliphatic rings. The van der Waals surface area contributed by atoms with Crippen LogP contribution in [0.2, 0.25) is 0 Å². The molecule has 0 aromatic rings. The molecule has 0 saturated carbocycles. The number of carbonyl (C=O) groups excluding carboxylic acids is 1. The van der Waals surface area contributed by atoms with Crippen molar-refractivity contribution in [2.75, 3.05) is 6.61 Å². The topological polar surface area (TPSA) is 29.5 Å². The predicted molar refractivity (Wildman–Crippen MR) is 41.4 cm³/mol. The van der Waals surface area contributed by atoms with Crippen LogP contribution in [-0.2, 0) is 21.5 Å². The van der Waals surface area contributed by atoms with Crippen LogP contribution < -0.4 is 0 Å². The van der Waals surface area contributed by atoms with Crippen LogP contribution in [0.15, 0.2) is 12.7 Å². The quantitative estimate of drug-likeness (QED) is 0.547. The maximum absolute atomic E-state index is 10.4. The molecule has 3 nitrogen and oxygen atoms in total. The Labute approximate surface area is 81.1 Å². The van der Waals surface area contributed by atoms with E-state index in [-0.39, 0.29) is 23.4 Å². The summed E-state index contributed by atoms with van der Waals surface area (Å²) in [7, 11) is 0. The summed E-state index contributed by atoms with van der Waals surface area (Å²) < 4.78 is 5.22. The third-order valence-corrected chi connectivity index (χ3v) is 0.815. The minimum atomic E-state index is -0.610. The molecular weight excluding hydrogens is 217 g/mol. The number of rotatable bonds is 2. The smallest absolute Gasteiger partial charge is 0.430 e. The van der Waals surface area contributed by atoms with E-state index < -0.39 is 6.09 Å². The molecule has 0 saturated heterocycles. The number of carbonyl (C=O) groups is 1. The fraction of sp³-hybridized carbons (Fsp3) is 0.250. The average molecular weight is 224 g/mol. The van der Waals surface area contributed by atoms with Crippen molar-refractivity contribution in [2.24, 2.45) is 0 Å². The summed E-state index contributed by atoms with van der Waals surface area (Å²) in [5, 5.41) is 0. The molecule has 61 valence electrons. The van der Waals surface area contributed by atoms with Gasteiger partial charge >= 0.3 is 6.09 Å². The first kappa shape index (κ1) is 12.9. The van der Waals surface area contributed by atoms with Gasteiger partial charge in [0.1, 0.15) is 6.61 Å². The second-order valence-corrected chi connectivity index (χ2v) is 2.27. The molecule has 6 heteroatoms. The third kappa shape index (κ3) is 6.34. The van der Waals surface area contributed by atoms with Crippen LogP contribution in [0, 0.1) is 0 Å². The van der Waals surface area contributed by atoms with E-state index in [1.807, 2.05) is 0 Å². The first-order valence-corrected chi connectivity index (χ1v) is 2.94. The first-order chi connectivity index (χ1) is 4.18. The Bertz CT molecular complexity index is 120. The minimum Gasteiger partial charge on any atom is -0.444 e. The van der Waals surface area contributed by atoms with Gasteiger partial charge in [-0.3, -0.25) is 0 Å². The van der Waals surface area contributed by atoms with Gasteiger partial charge in [-0.05, 0) is 25.6 Å². The van der Waals surface area contributed by atoms with Gasteiger partial charge < -0.3 is 4.74 Å². The fourth-order valence-corrected chi connectivity index (χ4v) is 0.303. The van der Waals surface area contributed by atoms with E-state index in [1.54, 1.807) is 0 Å². The summed E-state index contributed by atoms with van der Waals surface area (Å²) in [6, 6.07) is 0. The van der Waals surface area contributed by atoms with Crippen LogP contribution >= 0.6 is 25.6 Å².